The maximum Gasteiger partial charge on any atom is 0.310 e. The zero-order valence-electron chi connectivity index (χ0n) is 22.8. The van der Waals surface area contributed by atoms with Gasteiger partial charge in [0, 0.05) is 17.8 Å². The Morgan fingerprint density at radius 2 is 1.63 bits per heavy atom. The second kappa shape index (κ2) is 7.22. The van der Waals surface area contributed by atoms with Crippen LogP contribution in [-0.4, -0.2) is 38.8 Å². The normalized spacial score (nSPS) is 55.1. The van der Waals surface area contributed by atoms with Gasteiger partial charge in [-0.2, -0.15) is 0 Å². The zero-order chi connectivity index (χ0) is 26.0. The molecule has 4 fully saturated rings. The van der Waals surface area contributed by atoms with E-state index in [1.807, 2.05) is 6.92 Å². The molecule has 0 aromatic rings. The molecule has 0 aromatic carbocycles. The van der Waals surface area contributed by atoms with Gasteiger partial charge in [0.15, 0.2) is 5.78 Å². The fraction of sp³-hybridized carbons (Fsp3) is 0.867. The number of hydrogen-bond acceptors (Lipinski definition) is 4. The van der Waals surface area contributed by atoms with Crippen molar-refractivity contribution in [3.05, 3.63) is 11.6 Å². The summed E-state index contributed by atoms with van der Waals surface area (Å²) in [5, 5.41) is 33.2. The zero-order valence-corrected chi connectivity index (χ0v) is 22.8. The smallest absolute Gasteiger partial charge is 0.310 e. The van der Waals surface area contributed by atoms with Gasteiger partial charge in [-0.3, -0.25) is 9.59 Å². The SMILES string of the molecule is C[C@@H]1CC[C@]2(C(=O)O)CC[C@]3(C)C(=CC[C@@H]4[C@@]5(C)CC(=O)[C@H](O)C(C)(C)[C@@H]5CC[C@]43C)[C@H]2[C@]1(C)O. The third kappa shape index (κ3) is 2.83. The van der Waals surface area contributed by atoms with E-state index in [0.717, 1.165) is 32.1 Å². The molecule has 0 saturated heterocycles. The van der Waals surface area contributed by atoms with E-state index in [4.69, 9.17) is 0 Å². The monoisotopic (exact) mass is 486 g/mol. The van der Waals surface area contributed by atoms with Gasteiger partial charge >= 0.3 is 5.97 Å². The molecule has 5 nitrogen and oxygen atoms in total. The van der Waals surface area contributed by atoms with E-state index in [9.17, 15) is 24.9 Å². The summed E-state index contributed by atoms with van der Waals surface area (Å²) in [7, 11) is 0. The van der Waals surface area contributed by atoms with E-state index in [1.165, 1.54) is 5.57 Å². The fourth-order valence-corrected chi connectivity index (χ4v) is 10.8. The van der Waals surface area contributed by atoms with Crippen LogP contribution in [0.4, 0.5) is 0 Å². The first-order chi connectivity index (χ1) is 16.0. The first kappa shape index (κ1) is 25.4. The van der Waals surface area contributed by atoms with Gasteiger partial charge in [-0.15, -0.1) is 0 Å². The number of carbonyl (C=O) groups is 2. The predicted molar refractivity (Wildman–Crippen MR) is 134 cm³/mol. The first-order valence-corrected chi connectivity index (χ1v) is 13.9. The lowest BCUT2D eigenvalue weighted by Gasteiger charge is -2.71. The van der Waals surface area contributed by atoms with Crippen LogP contribution in [0.2, 0.25) is 0 Å². The van der Waals surface area contributed by atoms with Gasteiger partial charge in [0.1, 0.15) is 6.10 Å². The number of carboxylic acid groups (broad SMARTS) is 1. The van der Waals surface area contributed by atoms with Crippen molar-refractivity contribution in [1.29, 1.82) is 0 Å². The number of ketones is 1. The van der Waals surface area contributed by atoms with Crippen molar-refractivity contribution < 1.29 is 24.9 Å². The molecular weight excluding hydrogens is 440 g/mol. The number of aliphatic hydroxyl groups is 2. The van der Waals surface area contributed by atoms with E-state index in [2.05, 4.69) is 47.6 Å². The number of allylic oxidation sites excluding steroid dienone is 1. The molecule has 0 radical (unpaired) electrons. The summed E-state index contributed by atoms with van der Waals surface area (Å²) in [6.45, 7) is 15.1. The van der Waals surface area contributed by atoms with Crippen LogP contribution in [0.25, 0.3) is 0 Å². The summed E-state index contributed by atoms with van der Waals surface area (Å²) >= 11 is 0. The number of Topliss-reactive ketones (excluding diaryl/α,β-unsaturated/α-hetero) is 1. The minimum atomic E-state index is -1.07. The molecule has 196 valence electrons. The molecule has 0 amide bonds. The first-order valence-electron chi connectivity index (χ1n) is 13.9. The Kier molecular flexibility index (Phi) is 5.25. The Labute approximate surface area is 210 Å². The standard InChI is InChI=1S/C30H46O5/c1-17-10-13-30(24(33)34)15-14-27(5)18(22(30)29(17,7)35)8-9-21-26(4)16-19(31)23(32)25(2,3)20(26)11-12-28(21,27)6/h8,17,20-23,32,35H,9-16H2,1-7H3,(H,33,34)/t17-,20+,21-,22+,23+,26+,27-,28-,29-,30+/m1/s1. The molecule has 5 aliphatic carbocycles. The molecule has 0 aromatic heterocycles. The molecular formula is C30H46O5. The highest BCUT2D eigenvalue weighted by atomic mass is 16.4. The van der Waals surface area contributed by atoms with Gasteiger partial charge in [-0.25, -0.2) is 0 Å². The molecule has 0 heterocycles. The van der Waals surface area contributed by atoms with Crippen LogP contribution in [0, 0.1) is 50.7 Å². The summed E-state index contributed by atoms with van der Waals surface area (Å²) in [5.41, 5.74) is -1.78. The summed E-state index contributed by atoms with van der Waals surface area (Å²) < 4.78 is 0. The second-order valence-corrected chi connectivity index (χ2v) is 14.7. The summed E-state index contributed by atoms with van der Waals surface area (Å²) in [6.07, 6.45) is 7.35. The maximum absolute atomic E-state index is 13.1. The second-order valence-electron chi connectivity index (χ2n) is 14.7. The van der Waals surface area contributed by atoms with Crippen LogP contribution in [0.5, 0.6) is 0 Å². The van der Waals surface area contributed by atoms with Gasteiger partial charge in [0.05, 0.1) is 11.0 Å². The molecule has 4 saturated carbocycles. The highest BCUT2D eigenvalue weighted by molar-refractivity contribution is 5.85. The highest BCUT2D eigenvalue weighted by Crippen LogP contribution is 2.75. The van der Waals surface area contributed by atoms with Gasteiger partial charge in [-0.05, 0) is 85.9 Å². The largest absolute Gasteiger partial charge is 0.481 e. The average Bonchev–Trinajstić information content (AvgIpc) is 2.75. The van der Waals surface area contributed by atoms with E-state index in [0.29, 0.717) is 19.3 Å². The van der Waals surface area contributed by atoms with E-state index < -0.39 is 28.5 Å². The number of fused-ring (bicyclic) bond motifs is 7. The van der Waals surface area contributed by atoms with E-state index in [1.54, 1.807) is 0 Å². The molecule has 5 rings (SSSR count). The van der Waals surface area contributed by atoms with Crippen molar-refractivity contribution in [2.45, 2.75) is 112 Å². The number of rotatable bonds is 1. The van der Waals surface area contributed by atoms with Crippen LogP contribution < -0.4 is 0 Å². The number of aliphatic hydroxyl groups excluding tert-OH is 1. The minimum absolute atomic E-state index is 0.0319. The number of carboxylic acids is 1. The lowest BCUT2D eigenvalue weighted by molar-refractivity contribution is -0.215. The summed E-state index contributed by atoms with van der Waals surface area (Å²) in [4.78, 5) is 25.9. The molecule has 0 bridgehead atoms. The molecule has 0 unspecified atom stereocenters. The Bertz CT molecular complexity index is 995. The summed E-state index contributed by atoms with van der Waals surface area (Å²) in [6, 6.07) is 0. The Hall–Kier alpha value is -1.20. The van der Waals surface area contributed by atoms with Crippen LogP contribution in [-0.2, 0) is 9.59 Å². The van der Waals surface area contributed by atoms with Crippen LogP contribution in [0.1, 0.15) is 99.8 Å². The topological polar surface area (TPSA) is 94.8 Å². The molecule has 10 atom stereocenters. The fourth-order valence-electron chi connectivity index (χ4n) is 10.8. The maximum atomic E-state index is 13.1. The van der Waals surface area contributed by atoms with Crippen molar-refractivity contribution in [1.82, 2.24) is 0 Å². The quantitative estimate of drug-likeness (QED) is 0.432. The number of hydrogen-bond donors (Lipinski definition) is 3. The van der Waals surface area contributed by atoms with Gasteiger partial charge < -0.3 is 15.3 Å². The van der Waals surface area contributed by atoms with Crippen molar-refractivity contribution >= 4 is 11.8 Å². The molecule has 0 spiro atoms. The Morgan fingerprint density at radius 3 is 2.26 bits per heavy atom. The average molecular weight is 487 g/mol. The van der Waals surface area contributed by atoms with Crippen molar-refractivity contribution in [2.75, 3.05) is 0 Å². The molecule has 3 N–H and O–H groups in total. The van der Waals surface area contributed by atoms with Crippen molar-refractivity contribution in [3.63, 3.8) is 0 Å². The lowest BCUT2D eigenvalue weighted by Crippen LogP contribution is -2.68. The third-order valence-electron chi connectivity index (χ3n) is 13.2. The third-order valence-corrected chi connectivity index (χ3v) is 13.2. The summed E-state index contributed by atoms with van der Waals surface area (Å²) in [5.74, 6) is -0.588. The van der Waals surface area contributed by atoms with E-state index >= 15 is 0 Å². The predicted octanol–water partition coefficient (Wildman–Crippen LogP) is 5.38. The number of carbonyl (C=O) groups excluding carboxylic acids is 1. The molecule has 35 heavy (non-hydrogen) atoms. The van der Waals surface area contributed by atoms with Crippen molar-refractivity contribution in [3.8, 4) is 0 Å². The van der Waals surface area contributed by atoms with Crippen LogP contribution in [0.15, 0.2) is 11.6 Å². The van der Waals surface area contributed by atoms with Crippen LogP contribution in [0.3, 0.4) is 0 Å². The number of aliphatic carboxylic acids is 1. The van der Waals surface area contributed by atoms with E-state index in [-0.39, 0.29) is 45.7 Å². The molecule has 5 aliphatic rings. The van der Waals surface area contributed by atoms with Gasteiger partial charge in [0.2, 0.25) is 0 Å². The van der Waals surface area contributed by atoms with Gasteiger partial charge in [0.25, 0.3) is 0 Å². The van der Waals surface area contributed by atoms with Gasteiger partial charge in [-0.1, -0.05) is 53.2 Å². The minimum Gasteiger partial charge on any atom is -0.481 e. The lowest BCUT2D eigenvalue weighted by atomic mass is 9.33. The highest BCUT2D eigenvalue weighted by Gasteiger charge is 2.71. The Morgan fingerprint density at radius 1 is 0.971 bits per heavy atom. The Balaban J connectivity index is 1.65. The molecule has 0 aliphatic heterocycles. The molecule has 5 heteroatoms. The van der Waals surface area contributed by atoms with Crippen molar-refractivity contribution in [2.24, 2.45) is 50.7 Å². The van der Waals surface area contributed by atoms with Crippen LogP contribution >= 0.6 is 0 Å².